The van der Waals surface area contributed by atoms with Crippen LogP contribution in [0, 0.1) is 0 Å². The van der Waals surface area contributed by atoms with Crippen LogP contribution in [-0.4, -0.2) is 42.2 Å². The molecule has 2 atom stereocenters. The number of aliphatic hydroxyl groups excluding tert-OH is 1. The van der Waals surface area contributed by atoms with Crippen molar-refractivity contribution in [2.75, 3.05) is 19.8 Å². The zero-order valence-electron chi connectivity index (χ0n) is 24.1. The Bertz CT molecular complexity index is 1550. The Morgan fingerprint density at radius 2 is 1.56 bits per heavy atom. The van der Waals surface area contributed by atoms with Crippen LogP contribution >= 0.6 is 0 Å². The number of aliphatic imine (C=N–C) groups is 1. The predicted molar refractivity (Wildman–Crippen MR) is 172 cm³/mol. The van der Waals surface area contributed by atoms with Crippen LogP contribution in [0.4, 0.5) is 0 Å². The number of benzene rings is 4. The van der Waals surface area contributed by atoms with Gasteiger partial charge in [0.2, 0.25) is 5.90 Å². The number of carbonyl (C=O) groups excluding carboxylic acids is 1. The topological polar surface area (TPSA) is 80.2 Å². The van der Waals surface area contributed by atoms with Gasteiger partial charge in [-0.15, -0.1) is 6.58 Å². The molecule has 5 rings (SSSR count). The number of carbonyl (C=O) groups is 1. The number of amides is 1. The normalized spacial score (nSPS) is 17.7. The number of hydrogen-bond donors (Lipinski definition) is 2. The van der Waals surface area contributed by atoms with Gasteiger partial charge in [-0.1, -0.05) is 103 Å². The van der Waals surface area contributed by atoms with Gasteiger partial charge >= 0.3 is 0 Å². The first kappa shape index (κ1) is 29.5. The molecule has 0 unspecified atom stereocenters. The standard InChI is InChI=1S/C37H36N2O4/c1-2-25-38-36(41)37(24-9-13-28-11-5-3-6-12-28)34(31-18-16-30(17-19-31)29-14-7-4-8-15-29)43-35(39-37)32-20-22-33(23-21-32)42-27-10-26-40/h2-9,11-23,34,40H,1,10,24-27H2,(H,38,41)/b13-9+/t34-,37-/m1/s1. The molecule has 6 heteroatoms. The summed E-state index contributed by atoms with van der Waals surface area (Å²) in [4.78, 5) is 19.0. The Hall–Kier alpha value is -4.94. The molecule has 0 aromatic heterocycles. The van der Waals surface area contributed by atoms with Gasteiger partial charge in [-0.3, -0.25) is 4.79 Å². The van der Waals surface area contributed by atoms with Crippen LogP contribution < -0.4 is 10.1 Å². The van der Waals surface area contributed by atoms with Gasteiger partial charge in [-0.2, -0.15) is 0 Å². The van der Waals surface area contributed by atoms with Crippen LogP contribution in [0.25, 0.3) is 17.2 Å². The van der Waals surface area contributed by atoms with Crippen LogP contribution in [-0.2, 0) is 9.53 Å². The highest BCUT2D eigenvalue weighted by atomic mass is 16.5. The van der Waals surface area contributed by atoms with Crippen molar-refractivity contribution in [1.82, 2.24) is 5.32 Å². The van der Waals surface area contributed by atoms with Crippen molar-refractivity contribution in [3.8, 4) is 16.9 Å². The van der Waals surface area contributed by atoms with Crippen LogP contribution in [0.15, 0.2) is 133 Å². The number of nitrogens with zero attached hydrogens (tertiary/aromatic N) is 1. The van der Waals surface area contributed by atoms with Crippen molar-refractivity contribution >= 4 is 17.9 Å². The second-order valence-corrected chi connectivity index (χ2v) is 10.3. The first-order valence-corrected chi connectivity index (χ1v) is 14.5. The molecule has 1 aliphatic rings. The van der Waals surface area contributed by atoms with Gasteiger partial charge in [-0.05, 0) is 46.5 Å². The minimum Gasteiger partial charge on any atom is -0.494 e. The molecule has 4 aromatic carbocycles. The van der Waals surface area contributed by atoms with E-state index in [1.807, 2.05) is 97.1 Å². The Morgan fingerprint density at radius 1 is 0.907 bits per heavy atom. The molecule has 0 bridgehead atoms. The van der Waals surface area contributed by atoms with Crippen LogP contribution in [0.2, 0.25) is 0 Å². The van der Waals surface area contributed by atoms with Crippen molar-refractivity contribution in [1.29, 1.82) is 0 Å². The third-order valence-corrected chi connectivity index (χ3v) is 7.30. The minimum absolute atomic E-state index is 0.0746. The molecule has 1 aliphatic heterocycles. The highest BCUT2D eigenvalue weighted by molar-refractivity contribution is 6.01. The first-order valence-electron chi connectivity index (χ1n) is 14.5. The average molecular weight is 573 g/mol. The Balaban J connectivity index is 1.52. The molecule has 0 spiro atoms. The van der Waals surface area contributed by atoms with Crippen molar-refractivity contribution in [3.63, 3.8) is 0 Å². The van der Waals surface area contributed by atoms with Gasteiger partial charge in [0.25, 0.3) is 5.91 Å². The van der Waals surface area contributed by atoms with E-state index in [1.165, 1.54) is 0 Å². The van der Waals surface area contributed by atoms with Crippen LogP contribution in [0.3, 0.4) is 0 Å². The summed E-state index contributed by atoms with van der Waals surface area (Å²) in [5, 5.41) is 12.0. The second-order valence-electron chi connectivity index (χ2n) is 10.3. The van der Waals surface area contributed by atoms with Gasteiger partial charge < -0.3 is 19.9 Å². The van der Waals surface area contributed by atoms with E-state index in [1.54, 1.807) is 6.08 Å². The second kappa shape index (κ2) is 14.3. The molecular formula is C37H36N2O4. The number of ether oxygens (including phenoxy) is 2. The summed E-state index contributed by atoms with van der Waals surface area (Å²) in [7, 11) is 0. The van der Waals surface area contributed by atoms with E-state index < -0.39 is 11.6 Å². The zero-order chi connectivity index (χ0) is 29.9. The molecule has 0 saturated carbocycles. The monoisotopic (exact) mass is 572 g/mol. The molecule has 1 amide bonds. The predicted octanol–water partition coefficient (Wildman–Crippen LogP) is 6.78. The highest BCUT2D eigenvalue weighted by Gasteiger charge is 2.52. The van der Waals surface area contributed by atoms with E-state index in [4.69, 9.17) is 19.6 Å². The van der Waals surface area contributed by atoms with Gasteiger partial charge in [0.1, 0.15) is 5.75 Å². The summed E-state index contributed by atoms with van der Waals surface area (Å²) in [5.74, 6) is 0.840. The van der Waals surface area contributed by atoms with Crippen molar-refractivity contribution in [2.45, 2.75) is 24.5 Å². The number of rotatable bonds is 13. The van der Waals surface area contributed by atoms with E-state index in [0.717, 1.165) is 27.8 Å². The lowest BCUT2D eigenvalue weighted by molar-refractivity contribution is -0.128. The van der Waals surface area contributed by atoms with Crippen LogP contribution in [0.1, 0.15) is 35.6 Å². The van der Waals surface area contributed by atoms with Gasteiger partial charge in [0.15, 0.2) is 11.6 Å². The van der Waals surface area contributed by atoms with Crippen molar-refractivity contribution < 1.29 is 19.4 Å². The van der Waals surface area contributed by atoms with Crippen LogP contribution in [0.5, 0.6) is 5.75 Å². The van der Waals surface area contributed by atoms with E-state index in [0.29, 0.717) is 37.6 Å². The van der Waals surface area contributed by atoms with Gasteiger partial charge in [0, 0.05) is 31.6 Å². The molecule has 0 fully saturated rings. The summed E-state index contributed by atoms with van der Waals surface area (Å²) in [6.07, 6.45) is 5.86. The van der Waals surface area contributed by atoms with E-state index in [2.05, 4.69) is 36.2 Å². The molecule has 218 valence electrons. The molecule has 4 aromatic rings. The molecular weight excluding hydrogens is 536 g/mol. The fourth-order valence-electron chi connectivity index (χ4n) is 5.05. The summed E-state index contributed by atoms with van der Waals surface area (Å²) < 4.78 is 12.3. The third kappa shape index (κ3) is 7.11. The average Bonchev–Trinajstić information content (AvgIpc) is 3.46. The van der Waals surface area contributed by atoms with Gasteiger partial charge in [0.05, 0.1) is 6.61 Å². The number of hydrogen-bond acceptors (Lipinski definition) is 5. The Labute approximate surface area is 253 Å². The lowest BCUT2D eigenvalue weighted by atomic mass is 9.83. The fourth-order valence-corrected chi connectivity index (χ4v) is 5.05. The molecule has 0 aliphatic carbocycles. The molecule has 1 heterocycles. The minimum atomic E-state index is -1.26. The SMILES string of the molecule is C=CCNC(=O)[C@]1(C/C=C/c2ccccc2)N=C(c2ccc(OCCCO)cc2)O[C@@H]1c1ccc(-c2ccccc2)cc1. The summed E-state index contributed by atoms with van der Waals surface area (Å²) in [6, 6.07) is 35.7. The summed E-state index contributed by atoms with van der Waals surface area (Å²) in [6.45, 7) is 4.59. The fraction of sp³-hybridized carbons (Fsp3) is 0.189. The van der Waals surface area contributed by atoms with Gasteiger partial charge in [-0.25, -0.2) is 4.99 Å². The maximum atomic E-state index is 14.0. The maximum absolute atomic E-state index is 14.0. The van der Waals surface area contributed by atoms with E-state index in [-0.39, 0.29) is 12.5 Å². The molecule has 2 N–H and O–H groups in total. The molecule has 0 radical (unpaired) electrons. The smallest absolute Gasteiger partial charge is 0.252 e. The number of nitrogens with one attached hydrogen (secondary N) is 1. The van der Waals surface area contributed by atoms with E-state index in [9.17, 15) is 4.79 Å². The quantitative estimate of drug-likeness (QED) is 0.137. The molecule has 6 nitrogen and oxygen atoms in total. The maximum Gasteiger partial charge on any atom is 0.252 e. The Morgan fingerprint density at radius 3 is 2.23 bits per heavy atom. The first-order chi connectivity index (χ1) is 21.1. The summed E-state index contributed by atoms with van der Waals surface area (Å²) in [5.41, 5.74) is 3.56. The lowest BCUT2D eigenvalue weighted by Gasteiger charge is -2.29. The molecule has 0 saturated heterocycles. The highest BCUT2D eigenvalue weighted by Crippen LogP contribution is 2.43. The summed E-state index contributed by atoms with van der Waals surface area (Å²) >= 11 is 0. The third-order valence-electron chi connectivity index (χ3n) is 7.30. The largest absolute Gasteiger partial charge is 0.494 e. The lowest BCUT2D eigenvalue weighted by Crippen LogP contribution is -2.48. The van der Waals surface area contributed by atoms with Crippen molar-refractivity contribution in [2.24, 2.45) is 4.99 Å². The zero-order valence-corrected chi connectivity index (χ0v) is 24.1. The number of aliphatic hydroxyl groups is 1. The Kier molecular flexibility index (Phi) is 9.82. The van der Waals surface area contributed by atoms with E-state index >= 15 is 0 Å². The molecule has 43 heavy (non-hydrogen) atoms. The van der Waals surface area contributed by atoms with Crippen molar-refractivity contribution in [3.05, 3.63) is 145 Å².